The first-order valence-electron chi connectivity index (χ1n) is 7.32. The lowest BCUT2D eigenvalue weighted by molar-refractivity contribution is 0.560. The number of hydrogen-bond acceptors (Lipinski definition) is 1. The summed E-state index contributed by atoms with van der Waals surface area (Å²) in [6.45, 7) is 3.11. The molecule has 0 bridgehead atoms. The van der Waals surface area contributed by atoms with E-state index >= 15 is 0 Å². The van der Waals surface area contributed by atoms with Crippen molar-refractivity contribution in [2.24, 2.45) is 0 Å². The molecule has 3 heteroatoms. The van der Waals surface area contributed by atoms with E-state index in [1.165, 1.54) is 33.3 Å². The number of benzene rings is 2. The lowest BCUT2D eigenvalue weighted by Gasteiger charge is -2.25. The predicted molar refractivity (Wildman–Crippen MR) is 88.0 cm³/mol. The fourth-order valence-electron chi connectivity index (χ4n) is 3.24. The number of nitrogens with one attached hydrogen (secondary N) is 2. The van der Waals surface area contributed by atoms with Gasteiger partial charge in [0.25, 0.3) is 0 Å². The van der Waals surface area contributed by atoms with Crippen LogP contribution in [0.4, 0.5) is 0 Å². The van der Waals surface area contributed by atoms with E-state index in [1.54, 1.807) is 0 Å². The van der Waals surface area contributed by atoms with Gasteiger partial charge >= 0.3 is 0 Å². The van der Waals surface area contributed by atoms with Gasteiger partial charge in [-0.05, 0) is 42.7 Å². The van der Waals surface area contributed by atoms with Gasteiger partial charge in [-0.1, -0.05) is 41.4 Å². The minimum atomic E-state index is 0.237. The van der Waals surface area contributed by atoms with Gasteiger partial charge in [0.15, 0.2) is 0 Å². The smallest absolute Gasteiger partial charge is 0.0732 e. The molecule has 1 atom stereocenters. The Balaban J connectivity index is 1.88. The molecule has 21 heavy (non-hydrogen) atoms. The topological polar surface area (TPSA) is 27.8 Å². The molecule has 0 saturated heterocycles. The van der Waals surface area contributed by atoms with Crippen molar-refractivity contribution in [2.45, 2.75) is 19.4 Å². The zero-order valence-corrected chi connectivity index (χ0v) is 12.7. The highest BCUT2D eigenvalue weighted by molar-refractivity contribution is 6.31. The van der Waals surface area contributed by atoms with Crippen LogP contribution in [0.25, 0.3) is 10.9 Å². The molecule has 3 aromatic rings. The quantitative estimate of drug-likeness (QED) is 0.686. The van der Waals surface area contributed by atoms with Gasteiger partial charge in [-0.15, -0.1) is 0 Å². The molecular weight excluding hydrogens is 280 g/mol. The van der Waals surface area contributed by atoms with Crippen molar-refractivity contribution in [3.63, 3.8) is 0 Å². The molecule has 4 rings (SSSR count). The number of aromatic amines is 1. The first-order valence-corrected chi connectivity index (χ1v) is 7.70. The Bertz CT molecular complexity index is 802. The van der Waals surface area contributed by atoms with Crippen LogP contribution in [0.2, 0.25) is 5.02 Å². The normalized spacial score (nSPS) is 17.9. The summed E-state index contributed by atoms with van der Waals surface area (Å²) in [6.07, 6.45) is 1.04. The maximum atomic E-state index is 6.16. The molecule has 2 nitrogen and oxygen atoms in total. The summed E-state index contributed by atoms with van der Waals surface area (Å²) in [5.41, 5.74) is 6.45. The van der Waals surface area contributed by atoms with E-state index in [9.17, 15) is 0 Å². The van der Waals surface area contributed by atoms with Gasteiger partial charge in [0.05, 0.1) is 6.04 Å². The van der Waals surface area contributed by atoms with E-state index in [4.69, 9.17) is 11.6 Å². The van der Waals surface area contributed by atoms with Crippen molar-refractivity contribution >= 4 is 22.5 Å². The average Bonchev–Trinajstić information content (AvgIpc) is 2.86. The van der Waals surface area contributed by atoms with Gasteiger partial charge < -0.3 is 10.3 Å². The molecule has 2 aromatic carbocycles. The molecule has 1 aliphatic rings. The van der Waals surface area contributed by atoms with E-state index < -0.39 is 0 Å². The van der Waals surface area contributed by atoms with Crippen molar-refractivity contribution in [1.82, 2.24) is 10.3 Å². The van der Waals surface area contributed by atoms with E-state index in [0.717, 1.165) is 18.0 Å². The summed E-state index contributed by atoms with van der Waals surface area (Å²) in [5, 5.41) is 5.68. The molecule has 106 valence electrons. The largest absolute Gasteiger partial charge is 0.357 e. The predicted octanol–water partition coefficient (Wildman–Crippen LogP) is 4.36. The molecule has 0 saturated carbocycles. The highest BCUT2D eigenvalue weighted by atomic mass is 35.5. The third-order valence-corrected chi connectivity index (χ3v) is 4.56. The molecule has 0 radical (unpaired) electrons. The van der Waals surface area contributed by atoms with Gasteiger partial charge in [-0.3, -0.25) is 0 Å². The summed E-state index contributed by atoms with van der Waals surface area (Å²) in [5.74, 6) is 0. The first kappa shape index (κ1) is 12.9. The molecule has 0 fully saturated rings. The highest BCUT2D eigenvalue weighted by Crippen LogP contribution is 2.34. The zero-order chi connectivity index (χ0) is 14.4. The van der Waals surface area contributed by atoms with Crippen LogP contribution >= 0.6 is 11.6 Å². The summed E-state index contributed by atoms with van der Waals surface area (Å²) < 4.78 is 0. The highest BCUT2D eigenvalue weighted by Gasteiger charge is 2.25. The second-order valence-electron chi connectivity index (χ2n) is 5.75. The standard InChI is InChI=1S/C18H17ClN2/c1-11-2-4-12(5-3-11)17-18-14(8-9-20-17)15-10-13(19)6-7-16(15)21-18/h2-7,10,17,20-21H,8-9H2,1H3/t17-/m0/s1. The van der Waals surface area contributed by atoms with Crippen LogP contribution < -0.4 is 5.32 Å². The Kier molecular flexibility index (Phi) is 3.02. The lowest BCUT2D eigenvalue weighted by atomic mass is 9.94. The van der Waals surface area contributed by atoms with Gasteiger partial charge in [0, 0.05) is 28.2 Å². The molecule has 1 aliphatic heterocycles. The van der Waals surface area contributed by atoms with Gasteiger partial charge in [-0.25, -0.2) is 0 Å². The first-order chi connectivity index (χ1) is 10.2. The van der Waals surface area contributed by atoms with Crippen LogP contribution in [-0.4, -0.2) is 11.5 Å². The number of halogens is 1. The molecule has 0 amide bonds. The lowest BCUT2D eigenvalue weighted by Crippen LogP contribution is -2.30. The van der Waals surface area contributed by atoms with E-state index in [2.05, 4.69) is 53.6 Å². The molecule has 0 aliphatic carbocycles. The minimum Gasteiger partial charge on any atom is -0.357 e. The second-order valence-corrected chi connectivity index (χ2v) is 6.19. The third-order valence-electron chi connectivity index (χ3n) is 4.32. The average molecular weight is 297 g/mol. The SMILES string of the molecule is Cc1ccc([C@@H]2NCCc3c2[nH]c2ccc(Cl)cc32)cc1. The van der Waals surface area contributed by atoms with Gasteiger partial charge in [0.2, 0.25) is 0 Å². The van der Waals surface area contributed by atoms with Crippen molar-refractivity contribution in [2.75, 3.05) is 6.54 Å². The van der Waals surface area contributed by atoms with Crippen molar-refractivity contribution in [1.29, 1.82) is 0 Å². The Morgan fingerprint density at radius 1 is 1.10 bits per heavy atom. The van der Waals surface area contributed by atoms with Crippen LogP contribution in [-0.2, 0) is 6.42 Å². The molecule has 2 N–H and O–H groups in total. The van der Waals surface area contributed by atoms with Crippen LogP contribution in [0.1, 0.15) is 28.4 Å². The van der Waals surface area contributed by atoms with E-state index in [1.807, 2.05) is 6.07 Å². The van der Waals surface area contributed by atoms with Crippen molar-refractivity contribution in [3.05, 3.63) is 69.9 Å². The summed E-state index contributed by atoms with van der Waals surface area (Å²) >= 11 is 6.16. The zero-order valence-electron chi connectivity index (χ0n) is 11.9. The minimum absolute atomic E-state index is 0.237. The fraction of sp³-hybridized carbons (Fsp3) is 0.222. The number of rotatable bonds is 1. The molecule has 2 heterocycles. The summed E-state index contributed by atoms with van der Waals surface area (Å²) in [6, 6.07) is 15.1. The maximum absolute atomic E-state index is 6.16. The van der Waals surface area contributed by atoms with E-state index in [-0.39, 0.29) is 6.04 Å². The Labute approximate surface area is 129 Å². The molecule has 0 unspecified atom stereocenters. The van der Waals surface area contributed by atoms with Crippen molar-refractivity contribution < 1.29 is 0 Å². The monoisotopic (exact) mass is 296 g/mol. The Morgan fingerprint density at radius 2 is 1.90 bits per heavy atom. The summed E-state index contributed by atoms with van der Waals surface area (Å²) in [4.78, 5) is 3.59. The second kappa shape index (κ2) is 4.90. The fourth-order valence-corrected chi connectivity index (χ4v) is 3.42. The van der Waals surface area contributed by atoms with Crippen LogP contribution in [0.15, 0.2) is 42.5 Å². The van der Waals surface area contributed by atoms with Crippen LogP contribution in [0.3, 0.4) is 0 Å². The molecular formula is C18H17ClN2. The maximum Gasteiger partial charge on any atom is 0.0732 e. The Hall–Kier alpha value is -1.77. The van der Waals surface area contributed by atoms with Gasteiger partial charge in [0.1, 0.15) is 0 Å². The number of hydrogen-bond donors (Lipinski definition) is 2. The van der Waals surface area contributed by atoms with Crippen LogP contribution in [0, 0.1) is 6.92 Å². The number of fused-ring (bicyclic) bond motifs is 3. The molecule has 1 aromatic heterocycles. The van der Waals surface area contributed by atoms with Crippen LogP contribution in [0.5, 0.6) is 0 Å². The summed E-state index contributed by atoms with van der Waals surface area (Å²) in [7, 11) is 0. The van der Waals surface area contributed by atoms with E-state index in [0.29, 0.717) is 0 Å². The number of aryl methyl sites for hydroxylation is 1. The Morgan fingerprint density at radius 3 is 2.71 bits per heavy atom. The third kappa shape index (κ3) is 2.15. The van der Waals surface area contributed by atoms with Crippen molar-refractivity contribution in [3.8, 4) is 0 Å². The molecule has 0 spiro atoms. The number of aromatic nitrogens is 1. The van der Waals surface area contributed by atoms with Gasteiger partial charge in [-0.2, -0.15) is 0 Å². The number of H-pyrrole nitrogens is 1.